The Hall–Kier alpha value is -0.733. The molecule has 0 aliphatic rings. The van der Waals surface area contributed by atoms with Gasteiger partial charge in [-0.1, -0.05) is 6.08 Å². The van der Waals surface area contributed by atoms with E-state index in [-0.39, 0.29) is 29.2 Å². The van der Waals surface area contributed by atoms with E-state index in [4.69, 9.17) is 30.0 Å². The molecule has 72 valence electrons. The minimum Gasteiger partial charge on any atom is -0.652 e. The maximum Gasteiger partial charge on any atom is 0 e. The fourth-order valence-corrected chi connectivity index (χ4v) is 0. The van der Waals surface area contributed by atoms with Crippen LogP contribution in [0.4, 0.5) is 9.59 Å². The first kappa shape index (κ1) is 22.5. The van der Waals surface area contributed by atoms with Crippen LogP contribution in [0.1, 0.15) is 6.92 Å². The van der Waals surface area contributed by atoms with Crippen molar-refractivity contribution in [1.82, 2.24) is 0 Å². The van der Waals surface area contributed by atoms with Crippen molar-refractivity contribution in [2.45, 2.75) is 6.92 Å². The molecule has 0 atom stereocenters. The van der Waals surface area contributed by atoms with Gasteiger partial charge in [-0.15, -0.1) is 6.58 Å². The topological polar surface area (TPSA) is 126 Å². The number of hydrogen-bond acceptors (Lipinski definition) is 6. The molecule has 0 aliphatic carbocycles. The van der Waals surface area contributed by atoms with Gasteiger partial charge < -0.3 is 30.0 Å². The van der Waals surface area contributed by atoms with Crippen LogP contribution in [0.15, 0.2) is 12.7 Å². The van der Waals surface area contributed by atoms with Crippen molar-refractivity contribution < 1.29 is 59.2 Å². The zero-order valence-electron chi connectivity index (χ0n) is 6.14. The molecular formula is C5H6O6Pu-4. The molecule has 0 saturated carbocycles. The van der Waals surface area contributed by atoms with E-state index in [9.17, 15) is 0 Å². The first-order valence-corrected chi connectivity index (χ1v) is 2.21. The van der Waals surface area contributed by atoms with Gasteiger partial charge in [-0.25, -0.2) is 0 Å². The van der Waals surface area contributed by atoms with Gasteiger partial charge in [0.15, 0.2) is 0 Å². The van der Waals surface area contributed by atoms with Crippen molar-refractivity contribution in [3.05, 3.63) is 12.7 Å². The summed E-state index contributed by atoms with van der Waals surface area (Å²) < 4.78 is 0. The van der Waals surface area contributed by atoms with Crippen molar-refractivity contribution in [2.24, 2.45) is 0 Å². The van der Waals surface area contributed by atoms with E-state index >= 15 is 0 Å². The largest absolute Gasteiger partial charge is 0.652 e. The van der Waals surface area contributed by atoms with E-state index in [0.29, 0.717) is 0 Å². The Balaban J connectivity index is -0.0000000389. The fourth-order valence-electron chi connectivity index (χ4n) is 0. The first-order chi connectivity index (χ1) is 4.88. The Labute approximate surface area is 91.1 Å². The summed E-state index contributed by atoms with van der Waals surface area (Å²) >= 11 is 0. The van der Waals surface area contributed by atoms with Gasteiger partial charge in [0.25, 0.3) is 0 Å². The second-order valence-electron chi connectivity index (χ2n) is 0.908. The molecular weight excluding hydrogens is 400 g/mol. The molecule has 0 radical (unpaired) electrons. The summed E-state index contributed by atoms with van der Waals surface area (Å²) in [4.78, 5) is 16.7. The number of hydrogen-bond donors (Lipinski definition) is 0. The molecule has 0 aromatic heterocycles. The number of carbonyl (C=O) groups excluding carboxylic acids is 2. The first-order valence-electron chi connectivity index (χ1n) is 2.21. The molecule has 0 N–H and O–H groups in total. The number of carboxylic acid groups (broad SMARTS) is 4. The Kier molecular flexibility index (Phi) is 42.1. The molecule has 0 heterocycles. The quantitative estimate of drug-likeness (QED) is 0.381. The van der Waals surface area contributed by atoms with Crippen LogP contribution in [-0.2, 0) is 0 Å². The zero-order chi connectivity index (χ0) is 9.86. The van der Waals surface area contributed by atoms with Gasteiger partial charge in [0.05, 0.1) is 0 Å². The number of carbonyl (C=O) groups is 2. The summed E-state index contributed by atoms with van der Waals surface area (Å²) in [5, 5.41) is 33.3. The average Bonchev–Trinajstić information content (AvgIpc) is 1.60. The van der Waals surface area contributed by atoms with E-state index in [1.54, 1.807) is 6.08 Å². The maximum absolute atomic E-state index is 8.33. The van der Waals surface area contributed by atoms with Crippen molar-refractivity contribution in [2.75, 3.05) is 0 Å². The van der Waals surface area contributed by atoms with Gasteiger partial charge in [0, 0.05) is 29.2 Å². The van der Waals surface area contributed by atoms with Crippen LogP contribution in [0, 0.1) is 29.2 Å². The van der Waals surface area contributed by atoms with Gasteiger partial charge in [0.2, 0.25) is 0 Å². The van der Waals surface area contributed by atoms with Crippen LogP contribution in [0.5, 0.6) is 0 Å². The molecule has 0 bridgehead atoms. The third-order valence-electron chi connectivity index (χ3n) is 0. The summed E-state index contributed by atoms with van der Waals surface area (Å²) in [6, 6.07) is 0. The smallest absolute Gasteiger partial charge is 0 e. The molecule has 0 aromatic rings. The predicted molar refractivity (Wildman–Crippen MR) is 26.7 cm³/mol. The molecule has 0 amide bonds. The summed E-state index contributed by atoms with van der Waals surface area (Å²) in [6.07, 6.45) is -2.92. The van der Waals surface area contributed by atoms with E-state index in [1.165, 1.54) is 0 Å². The molecule has 0 saturated heterocycles. The van der Waals surface area contributed by atoms with Crippen molar-refractivity contribution in [3.8, 4) is 0 Å². The normalized spacial score (nSPS) is 5.08. The van der Waals surface area contributed by atoms with Gasteiger partial charge in [0.1, 0.15) is 0 Å². The minimum absolute atomic E-state index is 0. The Bertz CT molecular complexity index is 103. The molecule has 7 heteroatoms. The predicted octanol–water partition coefficient (Wildman–Crippen LogP) is -3.70. The third kappa shape index (κ3) is 1180. The standard InChI is InChI=1S/C3H6.2CH2O3.Pu/c1-3-2;2*2-1(3)4;/h3H,1H2,2H3;2*(H2,2,3,4);/p-4. The van der Waals surface area contributed by atoms with Crippen LogP contribution in [0.2, 0.25) is 0 Å². The van der Waals surface area contributed by atoms with E-state index in [0.717, 1.165) is 0 Å². The fraction of sp³-hybridized carbons (Fsp3) is 0.200. The zero-order valence-corrected chi connectivity index (χ0v) is 9.54. The van der Waals surface area contributed by atoms with Crippen LogP contribution in [0.25, 0.3) is 0 Å². The Morgan fingerprint density at radius 3 is 1.08 bits per heavy atom. The molecule has 0 fully saturated rings. The third-order valence-corrected chi connectivity index (χ3v) is 0. The van der Waals surface area contributed by atoms with Crippen LogP contribution >= 0.6 is 0 Å². The molecule has 0 unspecified atom stereocenters. The SMILES string of the molecule is C=CC.O=C([O-])[O-].O=C([O-])[O-].[Pu]. The molecule has 0 aromatic carbocycles. The Morgan fingerprint density at radius 2 is 1.08 bits per heavy atom. The van der Waals surface area contributed by atoms with E-state index < -0.39 is 12.3 Å². The van der Waals surface area contributed by atoms with Crippen LogP contribution < -0.4 is 20.4 Å². The molecule has 0 rings (SSSR count). The monoisotopic (exact) mass is 400 g/mol. The number of allylic oxidation sites excluding steroid dienone is 1. The van der Waals surface area contributed by atoms with E-state index in [1.807, 2.05) is 6.92 Å². The van der Waals surface area contributed by atoms with Crippen LogP contribution in [0.3, 0.4) is 0 Å². The van der Waals surface area contributed by atoms with Crippen molar-refractivity contribution >= 4 is 12.3 Å². The number of rotatable bonds is 0. The van der Waals surface area contributed by atoms with Gasteiger partial charge in [-0.05, 0) is 19.2 Å². The second-order valence-corrected chi connectivity index (χ2v) is 0.908. The molecule has 12 heavy (non-hydrogen) atoms. The molecule has 6 nitrogen and oxygen atoms in total. The summed E-state index contributed by atoms with van der Waals surface area (Å²) in [7, 11) is 0. The van der Waals surface area contributed by atoms with Crippen molar-refractivity contribution in [1.29, 1.82) is 0 Å². The summed E-state index contributed by atoms with van der Waals surface area (Å²) in [5.74, 6) is 0. The van der Waals surface area contributed by atoms with Crippen molar-refractivity contribution in [3.63, 3.8) is 0 Å². The molecule has 0 spiro atoms. The minimum atomic E-state index is -2.33. The van der Waals surface area contributed by atoms with Gasteiger partial charge in [-0.3, -0.25) is 0 Å². The van der Waals surface area contributed by atoms with Gasteiger partial charge in [-0.2, -0.15) is 0 Å². The second kappa shape index (κ2) is 22.4. The van der Waals surface area contributed by atoms with E-state index in [2.05, 4.69) is 6.58 Å². The Morgan fingerprint density at radius 1 is 1.08 bits per heavy atom. The maximum atomic E-state index is 8.33. The van der Waals surface area contributed by atoms with Crippen LogP contribution in [-0.4, -0.2) is 12.3 Å². The average molecular weight is 406 g/mol. The summed E-state index contributed by atoms with van der Waals surface area (Å²) in [5.41, 5.74) is 0. The summed E-state index contributed by atoms with van der Waals surface area (Å²) in [6.45, 7) is 5.25. The molecule has 0 aliphatic heterocycles. The van der Waals surface area contributed by atoms with Gasteiger partial charge >= 0.3 is 0 Å².